The number of fused-ring (bicyclic) bond motifs is 1. The number of aryl methyl sites for hydroxylation is 1. The molecular weight excluding hydrogens is 489 g/mol. The van der Waals surface area contributed by atoms with Crippen LogP contribution in [0.5, 0.6) is 5.75 Å². The van der Waals surface area contributed by atoms with Gasteiger partial charge in [0, 0.05) is 18.0 Å². The fourth-order valence-electron chi connectivity index (χ4n) is 4.76. The minimum atomic E-state index is -1.88. The monoisotopic (exact) mass is 519 g/mol. The summed E-state index contributed by atoms with van der Waals surface area (Å²) in [7, 11) is 0. The molecule has 3 aromatic rings. The fourth-order valence-corrected chi connectivity index (χ4v) is 4.96. The number of nitrogen functional groups attached to an aromatic ring is 1. The largest absolute Gasteiger partial charge is 0.490 e. The molecule has 36 heavy (non-hydrogen) atoms. The first-order valence-electron chi connectivity index (χ1n) is 11.9. The van der Waals surface area contributed by atoms with Crippen molar-refractivity contribution in [3.8, 4) is 5.75 Å². The minimum absolute atomic E-state index is 0.0548. The van der Waals surface area contributed by atoms with Crippen molar-refractivity contribution in [2.75, 3.05) is 5.73 Å². The number of anilines is 1. The fraction of sp³-hybridized carbons (Fsp3) is 0.480. The van der Waals surface area contributed by atoms with E-state index in [2.05, 4.69) is 15.3 Å². The van der Waals surface area contributed by atoms with Crippen LogP contribution in [0.4, 0.5) is 10.2 Å². The maximum atomic E-state index is 15.4. The second-order valence-corrected chi connectivity index (χ2v) is 10.1. The Labute approximate surface area is 213 Å². The first kappa shape index (κ1) is 26.1. The van der Waals surface area contributed by atoms with Crippen LogP contribution in [0.25, 0.3) is 5.52 Å². The Morgan fingerprint density at radius 3 is 2.75 bits per heavy atom. The summed E-state index contributed by atoms with van der Waals surface area (Å²) in [6.45, 7) is 6.63. The van der Waals surface area contributed by atoms with E-state index in [4.69, 9.17) is 22.1 Å². The van der Waals surface area contributed by atoms with E-state index >= 15 is 4.39 Å². The number of carbonyl (C=O) groups is 1. The molecule has 1 saturated carbocycles. The molecule has 3 atom stereocenters. The minimum Gasteiger partial charge on any atom is -0.490 e. The Bertz CT molecular complexity index is 1310. The summed E-state index contributed by atoms with van der Waals surface area (Å²) in [6, 6.07) is 0.705. The number of aromatic nitrogens is 3. The highest BCUT2D eigenvalue weighted by Crippen LogP contribution is 2.42. The number of imidazole rings is 1. The number of nitrogens with zero attached hydrogens (tertiary/aromatic N) is 3. The van der Waals surface area contributed by atoms with E-state index in [1.54, 1.807) is 31.4 Å². The van der Waals surface area contributed by atoms with Gasteiger partial charge < -0.3 is 26.0 Å². The molecule has 4 rings (SSSR count). The van der Waals surface area contributed by atoms with Crippen LogP contribution < -0.4 is 15.8 Å². The van der Waals surface area contributed by atoms with Gasteiger partial charge in [0.05, 0.1) is 29.0 Å². The van der Waals surface area contributed by atoms with Gasteiger partial charge in [-0.15, -0.1) is 0 Å². The number of nitrogens with two attached hydrogens (primary N) is 1. The zero-order valence-electron chi connectivity index (χ0n) is 20.7. The highest BCUT2D eigenvalue weighted by Gasteiger charge is 2.39. The number of aliphatic hydroxyl groups is 2. The Kier molecular flexibility index (Phi) is 7.14. The normalized spacial score (nSPS) is 19.9. The zero-order chi connectivity index (χ0) is 26.4. The first-order chi connectivity index (χ1) is 16.9. The van der Waals surface area contributed by atoms with Gasteiger partial charge in [-0.3, -0.25) is 9.20 Å². The van der Waals surface area contributed by atoms with Gasteiger partial charge in [-0.25, -0.2) is 14.4 Å². The number of benzene rings is 1. The number of hydrogen-bond acceptors (Lipinski definition) is 7. The van der Waals surface area contributed by atoms with Crippen molar-refractivity contribution >= 4 is 28.8 Å². The maximum Gasteiger partial charge on any atom is 0.258 e. The average Bonchev–Trinajstić information content (AvgIpc) is 3.16. The van der Waals surface area contributed by atoms with Crippen LogP contribution in [0.15, 0.2) is 18.5 Å². The Morgan fingerprint density at radius 2 is 2.08 bits per heavy atom. The standard InChI is InChI=1S/C25H31ClFN5O4/c1-12(2)36-21-14(25(4,35)24-30-13(3)20-22(28)29-9-10-32(20)24)11-15(26)19(27)18(21)23(34)31-16-7-5-6-8-17(16)33/h9-12,16-17,33,35H,5-8H2,1-4H3,(H2,28,29)(H,31,34)/t16-,17+,25-/m0/s1. The van der Waals surface area contributed by atoms with Crippen LogP contribution in [0.2, 0.25) is 5.02 Å². The number of hydrogen-bond donors (Lipinski definition) is 4. The van der Waals surface area contributed by atoms with Gasteiger partial charge in [-0.1, -0.05) is 24.4 Å². The van der Waals surface area contributed by atoms with Crippen LogP contribution in [-0.4, -0.2) is 48.7 Å². The van der Waals surface area contributed by atoms with Crippen LogP contribution in [-0.2, 0) is 5.60 Å². The number of halogens is 2. The van der Waals surface area contributed by atoms with Crippen molar-refractivity contribution in [3.63, 3.8) is 0 Å². The molecule has 0 saturated heterocycles. The quantitative estimate of drug-likeness (QED) is 0.391. The third-order valence-electron chi connectivity index (χ3n) is 6.52. The third kappa shape index (κ3) is 4.60. The number of amides is 1. The second kappa shape index (κ2) is 9.84. The SMILES string of the molecule is Cc1nc([C@@](C)(O)c2cc(Cl)c(F)c(C(=O)N[C@H]3CCCC[C@H]3O)c2OC(C)C)n2ccnc(N)c12. The summed E-state index contributed by atoms with van der Waals surface area (Å²) >= 11 is 6.26. The lowest BCUT2D eigenvalue weighted by Crippen LogP contribution is -2.45. The van der Waals surface area contributed by atoms with Crippen molar-refractivity contribution in [2.24, 2.45) is 0 Å². The summed E-state index contributed by atoms with van der Waals surface area (Å²) in [5.74, 6) is -1.53. The summed E-state index contributed by atoms with van der Waals surface area (Å²) in [4.78, 5) is 22.0. The van der Waals surface area contributed by atoms with Crippen molar-refractivity contribution in [2.45, 2.75) is 77.2 Å². The Hall–Kier alpha value is -2.95. The van der Waals surface area contributed by atoms with Gasteiger partial charge in [0.25, 0.3) is 5.91 Å². The number of aliphatic hydroxyl groups excluding tert-OH is 1. The van der Waals surface area contributed by atoms with Gasteiger partial charge >= 0.3 is 0 Å². The van der Waals surface area contributed by atoms with Crippen LogP contribution in [0.1, 0.15) is 73.9 Å². The second-order valence-electron chi connectivity index (χ2n) is 9.65. The van der Waals surface area contributed by atoms with E-state index in [1.807, 2.05) is 0 Å². The highest BCUT2D eigenvalue weighted by molar-refractivity contribution is 6.31. The Balaban J connectivity index is 1.90. The summed E-state index contributed by atoms with van der Waals surface area (Å²) in [5, 5.41) is 24.6. The van der Waals surface area contributed by atoms with E-state index < -0.39 is 41.1 Å². The van der Waals surface area contributed by atoms with Crippen LogP contribution in [0, 0.1) is 12.7 Å². The van der Waals surface area contributed by atoms with Gasteiger partial charge in [-0.2, -0.15) is 0 Å². The van der Waals surface area contributed by atoms with Gasteiger partial charge in [0.15, 0.2) is 5.82 Å². The van der Waals surface area contributed by atoms with E-state index in [9.17, 15) is 15.0 Å². The number of ether oxygens (including phenoxy) is 1. The predicted octanol–water partition coefficient (Wildman–Crippen LogP) is 3.49. The summed E-state index contributed by atoms with van der Waals surface area (Å²) < 4.78 is 23.0. The zero-order valence-corrected chi connectivity index (χ0v) is 21.4. The van der Waals surface area contributed by atoms with E-state index in [0.29, 0.717) is 24.1 Å². The number of carbonyl (C=O) groups excluding carboxylic acids is 1. The smallest absolute Gasteiger partial charge is 0.258 e. The first-order valence-corrected chi connectivity index (χ1v) is 12.3. The van der Waals surface area contributed by atoms with Gasteiger partial charge in [0.2, 0.25) is 0 Å². The van der Waals surface area contributed by atoms with Crippen molar-refractivity contribution < 1.29 is 24.1 Å². The number of nitrogens with one attached hydrogen (secondary N) is 1. The molecule has 0 radical (unpaired) electrons. The summed E-state index contributed by atoms with van der Waals surface area (Å²) in [6.07, 6.45) is 4.66. The molecule has 2 heterocycles. The van der Waals surface area contributed by atoms with Crippen LogP contribution in [0.3, 0.4) is 0 Å². The average molecular weight is 520 g/mol. The van der Waals surface area contributed by atoms with Crippen LogP contribution >= 0.6 is 11.6 Å². The molecule has 194 valence electrons. The predicted molar refractivity (Wildman–Crippen MR) is 134 cm³/mol. The van der Waals surface area contributed by atoms with Gasteiger partial charge in [0.1, 0.15) is 34.1 Å². The molecule has 1 amide bonds. The molecule has 0 spiro atoms. The number of rotatable bonds is 6. The molecule has 9 nitrogen and oxygen atoms in total. The van der Waals surface area contributed by atoms with Gasteiger partial charge in [-0.05, 0) is 46.6 Å². The lowest BCUT2D eigenvalue weighted by molar-refractivity contribution is 0.0703. The molecule has 1 aliphatic rings. The van der Waals surface area contributed by atoms with Crippen molar-refractivity contribution in [3.05, 3.63) is 51.9 Å². The molecular formula is C25H31ClFN5O4. The lowest BCUT2D eigenvalue weighted by atomic mass is 9.90. The highest BCUT2D eigenvalue weighted by atomic mass is 35.5. The lowest BCUT2D eigenvalue weighted by Gasteiger charge is -2.30. The van der Waals surface area contributed by atoms with E-state index in [-0.39, 0.29) is 28.0 Å². The molecule has 5 N–H and O–H groups in total. The van der Waals surface area contributed by atoms with E-state index in [1.165, 1.54) is 19.2 Å². The molecule has 1 aromatic carbocycles. The Morgan fingerprint density at radius 1 is 1.39 bits per heavy atom. The molecule has 2 aromatic heterocycles. The molecule has 0 unspecified atom stereocenters. The molecule has 0 bridgehead atoms. The van der Waals surface area contributed by atoms with E-state index in [0.717, 1.165) is 12.8 Å². The molecule has 0 aliphatic heterocycles. The molecule has 1 fully saturated rings. The van der Waals surface area contributed by atoms with Crippen molar-refractivity contribution in [1.82, 2.24) is 19.7 Å². The molecule has 11 heteroatoms. The maximum absolute atomic E-state index is 15.4. The molecule has 1 aliphatic carbocycles. The third-order valence-corrected chi connectivity index (χ3v) is 6.79. The van der Waals surface area contributed by atoms with Crippen molar-refractivity contribution in [1.29, 1.82) is 0 Å². The topological polar surface area (TPSA) is 135 Å². The summed E-state index contributed by atoms with van der Waals surface area (Å²) in [5.41, 5.74) is 4.80.